The summed E-state index contributed by atoms with van der Waals surface area (Å²) in [5, 5.41) is 6.38. The summed E-state index contributed by atoms with van der Waals surface area (Å²) in [6.45, 7) is 0. The lowest BCUT2D eigenvalue weighted by Gasteiger charge is -2.12. The van der Waals surface area contributed by atoms with Crippen LogP contribution in [0.1, 0.15) is 0 Å². The average Bonchev–Trinajstić information content (AvgIpc) is 3.82. The lowest BCUT2D eigenvalue weighted by molar-refractivity contribution is 0.668. The minimum atomic E-state index is 0.553. The molecule has 0 radical (unpaired) electrons. The number of aromatic nitrogens is 3. The largest absolute Gasteiger partial charge is 0.456 e. The van der Waals surface area contributed by atoms with Gasteiger partial charge in [0.05, 0.1) is 0 Å². The molecule has 8 aromatic carbocycles. The normalized spacial score (nSPS) is 11.7. The zero-order chi connectivity index (χ0) is 35.6. The Morgan fingerprint density at radius 3 is 1.63 bits per heavy atom. The summed E-state index contributed by atoms with van der Waals surface area (Å²) in [7, 11) is 0. The van der Waals surface area contributed by atoms with E-state index in [0.717, 1.165) is 88.0 Å². The molecule has 5 nitrogen and oxygen atoms in total. The molecule has 11 aromatic rings. The van der Waals surface area contributed by atoms with Crippen molar-refractivity contribution in [2.75, 3.05) is 0 Å². The number of rotatable bonds is 5. The van der Waals surface area contributed by atoms with Crippen LogP contribution < -0.4 is 0 Å². The molecule has 0 saturated carbocycles. The van der Waals surface area contributed by atoms with Crippen molar-refractivity contribution in [3.05, 3.63) is 176 Å². The fourth-order valence-electron chi connectivity index (χ4n) is 7.73. The van der Waals surface area contributed by atoms with Gasteiger partial charge in [0.15, 0.2) is 17.5 Å². The second-order valence-electron chi connectivity index (χ2n) is 13.6. The molecule has 3 heterocycles. The molecule has 0 spiro atoms. The smallest absolute Gasteiger partial charge is 0.164 e. The van der Waals surface area contributed by atoms with E-state index in [9.17, 15) is 0 Å². The maximum absolute atomic E-state index is 6.56. The molecule has 0 aliphatic heterocycles. The van der Waals surface area contributed by atoms with Crippen LogP contribution in [-0.4, -0.2) is 15.0 Å². The van der Waals surface area contributed by atoms with Crippen molar-refractivity contribution in [1.82, 2.24) is 15.0 Å². The van der Waals surface area contributed by atoms with Gasteiger partial charge in [0.1, 0.15) is 22.3 Å². The number of hydrogen-bond acceptors (Lipinski definition) is 5. The van der Waals surface area contributed by atoms with Gasteiger partial charge in [-0.2, -0.15) is 0 Å². The number of benzene rings is 8. The van der Waals surface area contributed by atoms with Gasteiger partial charge in [0.2, 0.25) is 0 Å². The topological polar surface area (TPSA) is 65.0 Å². The predicted molar refractivity (Wildman–Crippen MR) is 219 cm³/mol. The summed E-state index contributed by atoms with van der Waals surface area (Å²) in [6.07, 6.45) is 0. The Morgan fingerprint density at radius 2 is 0.852 bits per heavy atom. The summed E-state index contributed by atoms with van der Waals surface area (Å²) < 4.78 is 12.8. The molecule has 0 unspecified atom stereocenters. The maximum atomic E-state index is 6.56. The highest BCUT2D eigenvalue weighted by molar-refractivity contribution is 6.14. The lowest BCUT2D eigenvalue weighted by atomic mass is 9.95. The molecular weight excluding hydrogens is 663 g/mol. The van der Waals surface area contributed by atoms with E-state index in [1.165, 1.54) is 5.56 Å². The molecule has 3 aromatic heterocycles. The van der Waals surface area contributed by atoms with Crippen molar-refractivity contribution in [2.24, 2.45) is 0 Å². The Balaban J connectivity index is 1.16. The maximum Gasteiger partial charge on any atom is 0.164 e. The molecule has 5 heteroatoms. The van der Waals surface area contributed by atoms with Crippen LogP contribution in [0, 0.1) is 0 Å². The van der Waals surface area contributed by atoms with Crippen LogP contribution in [0.5, 0.6) is 0 Å². The van der Waals surface area contributed by atoms with E-state index in [1.807, 2.05) is 48.5 Å². The molecule has 0 aliphatic carbocycles. The Kier molecular flexibility index (Phi) is 6.79. The number of nitrogens with zero attached hydrogens (tertiary/aromatic N) is 3. The van der Waals surface area contributed by atoms with Gasteiger partial charge in [-0.05, 0) is 69.4 Å². The summed E-state index contributed by atoms with van der Waals surface area (Å²) in [5.41, 5.74) is 10.3. The number of fused-ring (bicyclic) bond motifs is 7. The Bertz CT molecular complexity index is 3210. The first-order chi connectivity index (χ1) is 26.7. The zero-order valence-electron chi connectivity index (χ0n) is 28.9. The van der Waals surface area contributed by atoms with Crippen molar-refractivity contribution >= 4 is 54.6 Å². The quantitative estimate of drug-likeness (QED) is 0.180. The third-order valence-corrected chi connectivity index (χ3v) is 10.3. The molecule has 252 valence electrons. The van der Waals surface area contributed by atoms with Crippen LogP contribution in [-0.2, 0) is 0 Å². The van der Waals surface area contributed by atoms with E-state index in [-0.39, 0.29) is 0 Å². The van der Waals surface area contributed by atoms with E-state index >= 15 is 0 Å². The van der Waals surface area contributed by atoms with Gasteiger partial charge in [0, 0.05) is 38.2 Å². The molecule has 0 bridgehead atoms. The minimum absolute atomic E-state index is 0.553. The van der Waals surface area contributed by atoms with Gasteiger partial charge in [-0.15, -0.1) is 0 Å². The van der Waals surface area contributed by atoms with E-state index in [2.05, 4.69) is 127 Å². The highest BCUT2D eigenvalue weighted by Crippen LogP contribution is 2.41. The van der Waals surface area contributed by atoms with Gasteiger partial charge >= 0.3 is 0 Å². The van der Waals surface area contributed by atoms with E-state index in [1.54, 1.807) is 0 Å². The molecule has 11 rings (SSSR count). The van der Waals surface area contributed by atoms with Gasteiger partial charge in [-0.1, -0.05) is 140 Å². The van der Waals surface area contributed by atoms with Crippen molar-refractivity contribution < 1.29 is 8.83 Å². The fourth-order valence-corrected chi connectivity index (χ4v) is 7.73. The van der Waals surface area contributed by atoms with Gasteiger partial charge in [-0.3, -0.25) is 0 Å². The number of para-hydroxylation sites is 2. The Morgan fingerprint density at radius 1 is 0.296 bits per heavy atom. The standard InChI is InChI=1S/C49H29N3O2/c1-2-11-30(12-3-1)32-21-24-33(25-22-32)40-28-36(29-44-46(40)38-16-7-9-19-42(38)54-44)48-50-47(35-26-23-31-13-4-5-14-34(31)27-35)51-49(52-48)39-17-10-20-43-45(39)37-15-6-8-18-41(37)53-43/h1-29H. The zero-order valence-corrected chi connectivity index (χ0v) is 28.9. The molecule has 0 amide bonds. The van der Waals surface area contributed by atoms with Crippen LogP contribution in [0.15, 0.2) is 185 Å². The summed E-state index contributed by atoms with van der Waals surface area (Å²) in [4.78, 5) is 15.6. The summed E-state index contributed by atoms with van der Waals surface area (Å²) in [6, 6.07) is 60.5. The Labute approximate surface area is 309 Å². The summed E-state index contributed by atoms with van der Waals surface area (Å²) >= 11 is 0. The molecule has 0 aliphatic rings. The molecular formula is C49H29N3O2. The van der Waals surface area contributed by atoms with Gasteiger partial charge in [-0.25, -0.2) is 15.0 Å². The Hall–Kier alpha value is -7.37. The minimum Gasteiger partial charge on any atom is -0.456 e. The molecule has 0 fully saturated rings. The second kappa shape index (κ2) is 12.1. The van der Waals surface area contributed by atoms with Crippen LogP contribution in [0.4, 0.5) is 0 Å². The van der Waals surface area contributed by atoms with Crippen molar-refractivity contribution in [3.63, 3.8) is 0 Å². The van der Waals surface area contributed by atoms with Crippen LogP contribution in [0.25, 0.3) is 111 Å². The first-order valence-electron chi connectivity index (χ1n) is 18.0. The molecule has 54 heavy (non-hydrogen) atoms. The second-order valence-corrected chi connectivity index (χ2v) is 13.6. The third kappa shape index (κ3) is 4.98. The molecule has 0 saturated heterocycles. The number of hydrogen-bond donors (Lipinski definition) is 0. The first kappa shape index (κ1) is 30.3. The molecule has 0 atom stereocenters. The first-order valence-corrected chi connectivity index (χ1v) is 18.0. The number of furan rings is 2. The van der Waals surface area contributed by atoms with Gasteiger partial charge in [0.25, 0.3) is 0 Å². The SMILES string of the molecule is c1ccc(-c2ccc(-c3cc(-c4nc(-c5ccc6ccccc6c5)nc(-c5cccc6oc7ccccc7c56)n4)cc4oc5ccccc5c34)cc2)cc1. The van der Waals surface area contributed by atoms with E-state index < -0.39 is 0 Å². The van der Waals surface area contributed by atoms with Crippen molar-refractivity contribution in [3.8, 4) is 56.4 Å². The van der Waals surface area contributed by atoms with Crippen molar-refractivity contribution in [1.29, 1.82) is 0 Å². The van der Waals surface area contributed by atoms with Crippen LogP contribution >= 0.6 is 0 Å². The lowest BCUT2D eigenvalue weighted by Crippen LogP contribution is -2.01. The molecule has 0 N–H and O–H groups in total. The van der Waals surface area contributed by atoms with E-state index in [4.69, 9.17) is 23.8 Å². The summed E-state index contributed by atoms with van der Waals surface area (Å²) in [5.74, 6) is 1.71. The highest BCUT2D eigenvalue weighted by Gasteiger charge is 2.21. The van der Waals surface area contributed by atoms with Crippen molar-refractivity contribution in [2.45, 2.75) is 0 Å². The van der Waals surface area contributed by atoms with Gasteiger partial charge < -0.3 is 8.83 Å². The monoisotopic (exact) mass is 691 g/mol. The van der Waals surface area contributed by atoms with Crippen LogP contribution in [0.2, 0.25) is 0 Å². The predicted octanol–water partition coefficient (Wildman–Crippen LogP) is 13.2. The third-order valence-electron chi connectivity index (χ3n) is 10.3. The van der Waals surface area contributed by atoms with E-state index in [0.29, 0.717) is 17.5 Å². The van der Waals surface area contributed by atoms with Crippen LogP contribution in [0.3, 0.4) is 0 Å². The highest BCUT2D eigenvalue weighted by atomic mass is 16.3. The average molecular weight is 692 g/mol. The fraction of sp³-hybridized carbons (Fsp3) is 0.